The molecule has 1 fully saturated rings. The standard InChI is InChI=1S/C23H24N2O3/c1-27-19-11-12-20(22(16-19)28-2)21-6-5-15-25(21)23(26)17-7-9-18(10-8-17)24-13-3-4-14-24/h3-4,7-14,16,21H,5-6,15H2,1-2H3/t21-/m1/s1. The van der Waals surface area contributed by atoms with Gasteiger partial charge in [-0.3, -0.25) is 4.79 Å². The fourth-order valence-electron chi connectivity index (χ4n) is 3.88. The highest BCUT2D eigenvalue weighted by atomic mass is 16.5. The quantitative estimate of drug-likeness (QED) is 0.660. The lowest BCUT2D eigenvalue weighted by Gasteiger charge is -2.26. The second-order valence-electron chi connectivity index (χ2n) is 6.90. The molecule has 1 saturated heterocycles. The van der Waals surface area contributed by atoms with E-state index >= 15 is 0 Å². The Bertz CT molecular complexity index is 948. The highest BCUT2D eigenvalue weighted by Crippen LogP contribution is 2.39. The number of benzene rings is 2. The van der Waals surface area contributed by atoms with Crippen LogP contribution >= 0.6 is 0 Å². The Morgan fingerprint density at radius 1 is 1.00 bits per heavy atom. The molecule has 0 spiro atoms. The molecule has 0 aliphatic carbocycles. The zero-order valence-corrected chi connectivity index (χ0v) is 16.2. The van der Waals surface area contributed by atoms with Gasteiger partial charge in [0.25, 0.3) is 5.91 Å². The predicted octanol–water partition coefficient (Wildman–Crippen LogP) is 4.47. The molecule has 0 saturated carbocycles. The molecule has 0 bridgehead atoms. The van der Waals surface area contributed by atoms with Crippen molar-refractivity contribution in [2.75, 3.05) is 20.8 Å². The molecular formula is C23H24N2O3. The van der Waals surface area contributed by atoms with Gasteiger partial charge in [-0.15, -0.1) is 0 Å². The lowest BCUT2D eigenvalue weighted by Crippen LogP contribution is -2.30. The van der Waals surface area contributed by atoms with Crippen LogP contribution in [-0.2, 0) is 0 Å². The van der Waals surface area contributed by atoms with Crippen molar-refractivity contribution in [1.82, 2.24) is 9.47 Å². The highest BCUT2D eigenvalue weighted by Gasteiger charge is 2.32. The summed E-state index contributed by atoms with van der Waals surface area (Å²) in [5.41, 5.74) is 2.77. The first-order chi connectivity index (χ1) is 13.7. The fourth-order valence-corrected chi connectivity index (χ4v) is 3.88. The van der Waals surface area contributed by atoms with Crippen molar-refractivity contribution in [1.29, 1.82) is 0 Å². The van der Waals surface area contributed by atoms with Crippen LogP contribution in [-0.4, -0.2) is 36.1 Å². The molecule has 2 heterocycles. The van der Waals surface area contributed by atoms with E-state index in [9.17, 15) is 4.79 Å². The molecule has 4 rings (SSSR count). The van der Waals surface area contributed by atoms with Crippen molar-refractivity contribution in [2.24, 2.45) is 0 Å². The zero-order valence-electron chi connectivity index (χ0n) is 16.2. The van der Waals surface area contributed by atoms with Crippen LogP contribution in [0.5, 0.6) is 11.5 Å². The first-order valence-electron chi connectivity index (χ1n) is 9.47. The highest BCUT2D eigenvalue weighted by molar-refractivity contribution is 5.95. The number of hydrogen-bond donors (Lipinski definition) is 0. The van der Waals surface area contributed by atoms with E-state index < -0.39 is 0 Å². The summed E-state index contributed by atoms with van der Waals surface area (Å²) in [5.74, 6) is 1.56. The van der Waals surface area contributed by atoms with Gasteiger partial charge in [-0.1, -0.05) is 0 Å². The third-order valence-corrected chi connectivity index (χ3v) is 5.33. The zero-order chi connectivity index (χ0) is 19.5. The van der Waals surface area contributed by atoms with Gasteiger partial charge in [0.1, 0.15) is 11.5 Å². The van der Waals surface area contributed by atoms with Crippen molar-refractivity contribution in [3.8, 4) is 17.2 Å². The number of nitrogens with zero attached hydrogens (tertiary/aromatic N) is 2. The molecule has 1 aliphatic rings. The Balaban J connectivity index is 1.59. The fraction of sp³-hybridized carbons (Fsp3) is 0.261. The Morgan fingerprint density at radius 3 is 2.43 bits per heavy atom. The van der Waals surface area contributed by atoms with Gasteiger partial charge < -0.3 is 18.9 Å². The molecule has 0 N–H and O–H groups in total. The summed E-state index contributed by atoms with van der Waals surface area (Å²) in [4.78, 5) is 15.2. The minimum absolute atomic E-state index is 0.0116. The summed E-state index contributed by atoms with van der Waals surface area (Å²) in [6.45, 7) is 0.748. The van der Waals surface area contributed by atoms with E-state index in [0.29, 0.717) is 5.56 Å². The third-order valence-electron chi connectivity index (χ3n) is 5.33. The van der Waals surface area contributed by atoms with E-state index in [0.717, 1.165) is 42.1 Å². The molecule has 0 radical (unpaired) electrons. The first-order valence-corrected chi connectivity index (χ1v) is 9.47. The molecule has 1 atom stereocenters. The monoisotopic (exact) mass is 376 g/mol. The summed E-state index contributed by atoms with van der Waals surface area (Å²) < 4.78 is 12.9. The number of amides is 1. The number of likely N-dealkylation sites (tertiary alicyclic amines) is 1. The largest absolute Gasteiger partial charge is 0.497 e. The van der Waals surface area contributed by atoms with Gasteiger partial charge in [0.05, 0.1) is 20.3 Å². The van der Waals surface area contributed by atoms with Crippen molar-refractivity contribution in [3.63, 3.8) is 0 Å². The molecule has 5 heteroatoms. The number of ether oxygens (including phenoxy) is 2. The second kappa shape index (κ2) is 7.80. The van der Waals surface area contributed by atoms with E-state index in [1.807, 2.05) is 76.5 Å². The van der Waals surface area contributed by atoms with E-state index in [1.165, 1.54) is 0 Å². The summed E-state index contributed by atoms with van der Waals surface area (Å²) in [6.07, 6.45) is 5.88. The number of carbonyl (C=O) groups excluding carboxylic acids is 1. The van der Waals surface area contributed by atoms with Crippen molar-refractivity contribution >= 4 is 5.91 Å². The van der Waals surface area contributed by atoms with E-state index in [4.69, 9.17) is 9.47 Å². The minimum Gasteiger partial charge on any atom is -0.497 e. The summed E-state index contributed by atoms with van der Waals surface area (Å²) in [5, 5.41) is 0. The maximum atomic E-state index is 13.2. The molecule has 3 aromatic rings. The number of rotatable bonds is 5. The summed E-state index contributed by atoms with van der Waals surface area (Å²) >= 11 is 0. The first kappa shape index (κ1) is 18.2. The van der Waals surface area contributed by atoms with Gasteiger partial charge in [0.15, 0.2) is 0 Å². The summed E-state index contributed by atoms with van der Waals surface area (Å²) in [6, 6.07) is 17.5. The molecule has 1 aromatic heterocycles. The van der Waals surface area contributed by atoms with Crippen LogP contribution in [0, 0.1) is 0 Å². The molecule has 144 valence electrons. The summed E-state index contributed by atoms with van der Waals surface area (Å²) in [7, 11) is 3.29. The molecule has 1 aliphatic heterocycles. The Kier molecular flexibility index (Phi) is 5.06. The SMILES string of the molecule is COc1ccc([C@H]2CCCN2C(=O)c2ccc(-n3cccc3)cc2)c(OC)c1. The van der Waals surface area contributed by atoms with Crippen LogP contribution in [0.2, 0.25) is 0 Å². The number of carbonyl (C=O) groups is 1. The van der Waals surface area contributed by atoms with Crippen LogP contribution in [0.4, 0.5) is 0 Å². The lowest BCUT2D eigenvalue weighted by atomic mass is 10.0. The van der Waals surface area contributed by atoms with Crippen LogP contribution in [0.25, 0.3) is 5.69 Å². The van der Waals surface area contributed by atoms with Gasteiger partial charge >= 0.3 is 0 Å². The average molecular weight is 376 g/mol. The average Bonchev–Trinajstić information content (AvgIpc) is 3.45. The van der Waals surface area contributed by atoms with Gasteiger partial charge in [0.2, 0.25) is 0 Å². The minimum atomic E-state index is 0.0116. The van der Waals surface area contributed by atoms with Crippen molar-refractivity contribution in [2.45, 2.75) is 18.9 Å². The topological polar surface area (TPSA) is 43.7 Å². The maximum absolute atomic E-state index is 13.2. The van der Waals surface area contributed by atoms with Gasteiger partial charge in [0, 0.05) is 41.8 Å². The van der Waals surface area contributed by atoms with E-state index in [1.54, 1.807) is 14.2 Å². The Morgan fingerprint density at radius 2 is 1.75 bits per heavy atom. The Labute approximate surface area is 165 Å². The van der Waals surface area contributed by atoms with Crippen LogP contribution in [0.15, 0.2) is 67.0 Å². The van der Waals surface area contributed by atoms with Crippen LogP contribution in [0.3, 0.4) is 0 Å². The smallest absolute Gasteiger partial charge is 0.254 e. The number of methoxy groups -OCH3 is 2. The van der Waals surface area contributed by atoms with Gasteiger partial charge in [-0.05, 0) is 61.4 Å². The maximum Gasteiger partial charge on any atom is 0.254 e. The molecule has 2 aromatic carbocycles. The van der Waals surface area contributed by atoms with E-state index in [2.05, 4.69) is 0 Å². The lowest BCUT2D eigenvalue weighted by molar-refractivity contribution is 0.0734. The second-order valence-corrected chi connectivity index (χ2v) is 6.90. The number of aromatic nitrogens is 1. The third kappa shape index (κ3) is 3.36. The molecule has 0 unspecified atom stereocenters. The van der Waals surface area contributed by atoms with Crippen molar-refractivity contribution < 1.29 is 14.3 Å². The van der Waals surface area contributed by atoms with Gasteiger partial charge in [-0.25, -0.2) is 0 Å². The van der Waals surface area contributed by atoms with Gasteiger partial charge in [-0.2, -0.15) is 0 Å². The van der Waals surface area contributed by atoms with Crippen LogP contribution < -0.4 is 9.47 Å². The van der Waals surface area contributed by atoms with E-state index in [-0.39, 0.29) is 11.9 Å². The normalized spacial score (nSPS) is 16.2. The number of hydrogen-bond acceptors (Lipinski definition) is 3. The molecule has 1 amide bonds. The molecule has 5 nitrogen and oxygen atoms in total. The van der Waals surface area contributed by atoms with Crippen LogP contribution in [0.1, 0.15) is 34.8 Å². The molecular weight excluding hydrogens is 352 g/mol. The Hall–Kier alpha value is -3.21. The van der Waals surface area contributed by atoms with Crippen molar-refractivity contribution in [3.05, 3.63) is 78.1 Å². The predicted molar refractivity (Wildman–Crippen MR) is 108 cm³/mol. The molecule has 28 heavy (non-hydrogen) atoms.